The summed E-state index contributed by atoms with van der Waals surface area (Å²) in [4.78, 5) is 0. The van der Waals surface area contributed by atoms with Crippen LogP contribution in [0, 0.1) is 5.92 Å². The molecule has 0 aliphatic rings. The number of hydrogen-bond donors (Lipinski definition) is 1. The van der Waals surface area contributed by atoms with Crippen molar-refractivity contribution in [2.45, 2.75) is 19.8 Å². The van der Waals surface area contributed by atoms with Gasteiger partial charge >= 0.3 is 0 Å². The molecule has 1 N–H and O–H groups in total. The Morgan fingerprint density at radius 3 is 2.58 bits per heavy atom. The van der Waals surface area contributed by atoms with Crippen molar-refractivity contribution in [1.82, 2.24) is 0 Å². The van der Waals surface area contributed by atoms with E-state index in [0.717, 1.165) is 5.69 Å². The van der Waals surface area contributed by atoms with Crippen LogP contribution >= 0.6 is 0 Å². The minimum atomic E-state index is -3.86. The molecule has 19 heavy (non-hydrogen) atoms. The van der Waals surface area contributed by atoms with Crippen molar-refractivity contribution < 1.29 is 13.0 Å². The van der Waals surface area contributed by atoms with Gasteiger partial charge in [-0.3, -0.25) is 9.56 Å². The van der Waals surface area contributed by atoms with E-state index in [1.165, 1.54) is 0 Å². The highest BCUT2D eigenvalue weighted by Gasteiger charge is 2.08. The van der Waals surface area contributed by atoms with E-state index < -0.39 is 10.1 Å². The molecule has 0 aromatic heterocycles. The molecule has 0 radical (unpaired) electrons. The number of hydrazone groups is 1. The van der Waals surface area contributed by atoms with Crippen molar-refractivity contribution in [1.29, 1.82) is 0 Å². The quantitative estimate of drug-likeness (QED) is 0.474. The largest absolute Gasteiger partial charge is 0.286 e. The molecular formula is C13H20N2O3S. The molecule has 0 saturated heterocycles. The first kappa shape index (κ1) is 15.7. The summed E-state index contributed by atoms with van der Waals surface area (Å²) in [6.45, 7) is 1.93. The van der Waals surface area contributed by atoms with E-state index in [-0.39, 0.29) is 11.7 Å². The number of hydrogen-bond acceptors (Lipinski definition) is 4. The van der Waals surface area contributed by atoms with Crippen LogP contribution in [0.5, 0.6) is 0 Å². The Labute approximate surface area is 114 Å². The molecule has 0 aliphatic heterocycles. The topological polar surface area (TPSA) is 70.0 Å². The lowest BCUT2D eigenvalue weighted by Crippen LogP contribution is -2.11. The zero-order valence-electron chi connectivity index (χ0n) is 11.2. The maximum atomic E-state index is 10.6. The lowest BCUT2D eigenvalue weighted by atomic mass is 10.1. The molecule has 0 heterocycles. The highest BCUT2D eigenvalue weighted by atomic mass is 32.2. The van der Waals surface area contributed by atoms with Gasteiger partial charge in [-0.1, -0.05) is 25.1 Å². The third kappa shape index (κ3) is 6.93. The normalized spacial score (nSPS) is 13.6. The van der Waals surface area contributed by atoms with Crippen LogP contribution in [0.2, 0.25) is 0 Å². The summed E-state index contributed by atoms with van der Waals surface area (Å²) >= 11 is 0. The van der Waals surface area contributed by atoms with Crippen molar-refractivity contribution in [3.63, 3.8) is 0 Å². The summed E-state index contributed by atoms with van der Waals surface area (Å²) in [6.07, 6.45) is 2.87. The van der Waals surface area contributed by atoms with Crippen LogP contribution in [-0.2, 0) is 10.1 Å². The Morgan fingerprint density at radius 2 is 2.00 bits per heavy atom. The third-order valence-corrected chi connectivity index (χ3v) is 3.51. The van der Waals surface area contributed by atoms with Crippen LogP contribution in [-0.4, -0.2) is 32.0 Å². The molecule has 0 spiro atoms. The molecule has 1 aromatic rings. The fourth-order valence-electron chi connectivity index (χ4n) is 1.53. The van der Waals surface area contributed by atoms with Crippen LogP contribution in [0.4, 0.5) is 5.69 Å². The van der Waals surface area contributed by atoms with Crippen molar-refractivity contribution in [2.75, 3.05) is 17.8 Å². The first-order valence-electron chi connectivity index (χ1n) is 6.15. The van der Waals surface area contributed by atoms with E-state index in [1.807, 2.05) is 44.3 Å². The second-order valence-electron chi connectivity index (χ2n) is 4.57. The highest BCUT2D eigenvalue weighted by molar-refractivity contribution is 7.85. The first-order valence-corrected chi connectivity index (χ1v) is 7.76. The van der Waals surface area contributed by atoms with Gasteiger partial charge in [0, 0.05) is 13.3 Å². The summed E-state index contributed by atoms with van der Waals surface area (Å²) in [7, 11) is -2.00. The number of anilines is 1. The van der Waals surface area contributed by atoms with Crippen molar-refractivity contribution in [3.05, 3.63) is 30.3 Å². The van der Waals surface area contributed by atoms with Crippen LogP contribution in [0.3, 0.4) is 0 Å². The fourth-order valence-corrected chi connectivity index (χ4v) is 2.23. The van der Waals surface area contributed by atoms with Gasteiger partial charge in [-0.15, -0.1) is 0 Å². The van der Waals surface area contributed by atoms with Gasteiger partial charge < -0.3 is 0 Å². The number of rotatable bonds is 7. The maximum Gasteiger partial charge on any atom is 0.264 e. The second kappa shape index (κ2) is 7.25. The minimum Gasteiger partial charge on any atom is -0.286 e. The Morgan fingerprint density at radius 1 is 1.37 bits per heavy atom. The van der Waals surface area contributed by atoms with E-state index in [4.69, 9.17) is 4.55 Å². The Kier molecular flexibility index (Phi) is 5.98. The first-order chi connectivity index (χ1) is 8.88. The number of nitrogens with zero attached hydrogens (tertiary/aromatic N) is 2. The molecule has 0 saturated carbocycles. The SMILES string of the molecule is CC(CC=NN(C)c1ccccc1)CCS(=O)(=O)O. The summed E-state index contributed by atoms with van der Waals surface area (Å²) in [6, 6.07) is 9.74. The molecule has 1 atom stereocenters. The van der Waals surface area contributed by atoms with Gasteiger partial charge in [-0.05, 0) is 30.9 Å². The van der Waals surface area contributed by atoms with Gasteiger partial charge in [0.15, 0.2) is 0 Å². The van der Waals surface area contributed by atoms with Crippen molar-refractivity contribution in [2.24, 2.45) is 11.0 Å². The van der Waals surface area contributed by atoms with E-state index >= 15 is 0 Å². The van der Waals surface area contributed by atoms with Gasteiger partial charge in [-0.25, -0.2) is 0 Å². The summed E-state index contributed by atoms with van der Waals surface area (Å²) in [5, 5.41) is 6.03. The average molecular weight is 284 g/mol. The second-order valence-corrected chi connectivity index (χ2v) is 6.14. The summed E-state index contributed by atoms with van der Waals surface area (Å²) in [5.41, 5.74) is 0.990. The molecule has 0 aliphatic carbocycles. The minimum absolute atomic E-state index is 0.162. The van der Waals surface area contributed by atoms with Crippen LogP contribution in [0.25, 0.3) is 0 Å². The van der Waals surface area contributed by atoms with Crippen molar-refractivity contribution in [3.8, 4) is 0 Å². The van der Waals surface area contributed by atoms with Crippen LogP contribution < -0.4 is 5.01 Å². The molecule has 1 rings (SSSR count). The molecule has 106 valence electrons. The van der Waals surface area contributed by atoms with Crippen molar-refractivity contribution >= 4 is 22.0 Å². The van der Waals surface area contributed by atoms with Crippen LogP contribution in [0.15, 0.2) is 35.4 Å². The molecule has 1 unspecified atom stereocenters. The lowest BCUT2D eigenvalue weighted by molar-refractivity contribution is 0.472. The fraction of sp³-hybridized carbons (Fsp3) is 0.462. The van der Waals surface area contributed by atoms with E-state index in [1.54, 1.807) is 11.2 Å². The molecule has 5 nitrogen and oxygen atoms in total. The third-order valence-electron chi connectivity index (χ3n) is 2.76. The van der Waals surface area contributed by atoms with Gasteiger partial charge in [-0.2, -0.15) is 13.5 Å². The Bertz CT molecular complexity index is 500. The standard InChI is InChI=1S/C13H20N2O3S/c1-12(9-11-19(16,17)18)8-10-14-15(2)13-6-4-3-5-7-13/h3-7,10,12H,8-9,11H2,1-2H3,(H,16,17,18). The van der Waals surface area contributed by atoms with Gasteiger partial charge in [0.1, 0.15) is 0 Å². The Balaban J connectivity index is 2.37. The zero-order chi connectivity index (χ0) is 14.3. The Hall–Kier alpha value is -1.40. The molecule has 0 fully saturated rings. The lowest BCUT2D eigenvalue weighted by Gasteiger charge is -2.13. The number of benzene rings is 1. The monoisotopic (exact) mass is 284 g/mol. The predicted molar refractivity (Wildman–Crippen MR) is 78.2 cm³/mol. The van der Waals surface area contributed by atoms with E-state index in [9.17, 15) is 8.42 Å². The molecule has 1 aromatic carbocycles. The van der Waals surface area contributed by atoms with Gasteiger partial charge in [0.2, 0.25) is 0 Å². The summed E-state index contributed by atoms with van der Waals surface area (Å²) < 4.78 is 29.9. The molecular weight excluding hydrogens is 264 g/mol. The van der Waals surface area contributed by atoms with Crippen LogP contribution in [0.1, 0.15) is 19.8 Å². The smallest absolute Gasteiger partial charge is 0.264 e. The zero-order valence-corrected chi connectivity index (χ0v) is 12.0. The summed E-state index contributed by atoms with van der Waals surface area (Å²) in [5.74, 6) is -0.0360. The number of para-hydroxylation sites is 1. The van der Waals surface area contributed by atoms with E-state index in [2.05, 4.69) is 5.10 Å². The predicted octanol–water partition coefficient (Wildman–Crippen LogP) is 2.41. The van der Waals surface area contributed by atoms with Gasteiger partial charge in [0.05, 0.1) is 11.4 Å². The molecule has 0 bridgehead atoms. The highest BCUT2D eigenvalue weighted by Crippen LogP contribution is 2.12. The van der Waals surface area contributed by atoms with E-state index in [0.29, 0.717) is 12.8 Å². The molecule has 6 heteroatoms. The van der Waals surface area contributed by atoms with Gasteiger partial charge in [0.25, 0.3) is 10.1 Å². The average Bonchev–Trinajstić information content (AvgIpc) is 2.36. The maximum absolute atomic E-state index is 10.6. The molecule has 0 amide bonds.